The van der Waals surface area contributed by atoms with Crippen molar-refractivity contribution in [3.63, 3.8) is 0 Å². The van der Waals surface area contributed by atoms with Gasteiger partial charge >= 0.3 is 0 Å². The van der Waals surface area contributed by atoms with E-state index >= 15 is 0 Å². The molecule has 2 N–H and O–H groups in total. The minimum Gasteiger partial charge on any atom is -0.493 e. The molecule has 0 aliphatic rings. The Morgan fingerprint density at radius 1 is 1.07 bits per heavy atom. The molecule has 0 aliphatic heterocycles. The number of hydrogen-bond donors (Lipinski definition) is 2. The summed E-state index contributed by atoms with van der Waals surface area (Å²) in [5.74, 6) is 1.03. The summed E-state index contributed by atoms with van der Waals surface area (Å²) < 4.78 is 10.5. The molecule has 0 radical (unpaired) electrons. The van der Waals surface area contributed by atoms with Crippen LogP contribution in [0.4, 0.5) is 5.69 Å². The van der Waals surface area contributed by atoms with E-state index in [1.807, 2.05) is 18.2 Å². The number of ether oxygens (including phenoxy) is 2. The standard InChI is InChI=1S/C21H20N4O3/c1-27-19-8-7-15(11-20(19)28-2)9-10-24-21(26)17-5-3-4-6-18(17)25-14-16(12-22)13-23/h3-8,11,14,25H,9-10H2,1-2H3,(H,24,26). The lowest BCUT2D eigenvalue weighted by Crippen LogP contribution is -2.26. The van der Waals surface area contributed by atoms with Crippen molar-refractivity contribution in [1.29, 1.82) is 10.5 Å². The molecule has 7 nitrogen and oxygen atoms in total. The fourth-order valence-electron chi connectivity index (χ4n) is 2.50. The number of allylic oxidation sites excluding steroid dienone is 1. The first kappa shape index (κ1) is 20.3. The van der Waals surface area contributed by atoms with E-state index in [0.717, 1.165) is 5.56 Å². The van der Waals surface area contributed by atoms with Crippen molar-refractivity contribution in [2.24, 2.45) is 0 Å². The summed E-state index contributed by atoms with van der Waals surface area (Å²) in [6, 6.07) is 16.0. The topological polar surface area (TPSA) is 107 Å². The van der Waals surface area contributed by atoms with Crippen LogP contribution in [-0.4, -0.2) is 26.7 Å². The summed E-state index contributed by atoms with van der Waals surface area (Å²) >= 11 is 0. The maximum atomic E-state index is 12.5. The number of nitrogens with one attached hydrogen (secondary N) is 2. The average molecular weight is 376 g/mol. The highest BCUT2D eigenvalue weighted by Crippen LogP contribution is 2.27. The number of rotatable bonds is 8. The van der Waals surface area contributed by atoms with E-state index in [0.29, 0.717) is 35.7 Å². The highest BCUT2D eigenvalue weighted by atomic mass is 16.5. The molecule has 0 spiro atoms. The number of para-hydroxylation sites is 1. The molecule has 2 aromatic rings. The number of hydrogen-bond acceptors (Lipinski definition) is 6. The number of benzene rings is 2. The predicted molar refractivity (Wildman–Crippen MR) is 105 cm³/mol. The van der Waals surface area contributed by atoms with Crippen LogP contribution in [0.3, 0.4) is 0 Å². The van der Waals surface area contributed by atoms with Crippen LogP contribution >= 0.6 is 0 Å². The summed E-state index contributed by atoms with van der Waals surface area (Å²) in [5, 5.41) is 23.3. The van der Waals surface area contributed by atoms with E-state index < -0.39 is 0 Å². The Morgan fingerprint density at radius 2 is 1.79 bits per heavy atom. The first-order chi connectivity index (χ1) is 13.6. The second-order valence-electron chi connectivity index (χ2n) is 5.67. The van der Waals surface area contributed by atoms with Gasteiger partial charge in [-0.05, 0) is 36.2 Å². The maximum Gasteiger partial charge on any atom is 0.253 e. The fraction of sp³-hybridized carbons (Fsp3) is 0.190. The Balaban J connectivity index is 2.02. The first-order valence-corrected chi connectivity index (χ1v) is 8.48. The molecular formula is C21H20N4O3. The third-order valence-corrected chi connectivity index (χ3v) is 3.93. The molecule has 142 valence electrons. The number of carbonyl (C=O) groups excluding carboxylic acids is 1. The first-order valence-electron chi connectivity index (χ1n) is 8.48. The molecule has 1 amide bonds. The van der Waals surface area contributed by atoms with E-state index in [1.54, 1.807) is 50.6 Å². The zero-order valence-corrected chi connectivity index (χ0v) is 15.7. The van der Waals surface area contributed by atoms with Crippen LogP contribution in [0, 0.1) is 22.7 Å². The van der Waals surface area contributed by atoms with Crippen molar-refractivity contribution in [3.8, 4) is 23.6 Å². The van der Waals surface area contributed by atoms with E-state index in [1.165, 1.54) is 6.20 Å². The number of nitrogens with zero attached hydrogens (tertiary/aromatic N) is 2. The Morgan fingerprint density at radius 3 is 2.46 bits per heavy atom. The van der Waals surface area contributed by atoms with Crippen LogP contribution in [0.25, 0.3) is 0 Å². The van der Waals surface area contributed by atoms with Gasteiger partial charge in [0.2, 0.25) is 0 Å². The lowest BCUT2D eigenvalue weighted by molar-refractivity contribution is 0.0955. The fourth-order valence-corrected chi connectivity index (χ4v) is 2.50. The molecule has 0 heterocycles. The smallest absolute Gasteiger partial charge is 0.253 e. The predicted octanol–water partition coefficient (Wildman–Crippen LogP) is 3.02. The molecule has 7 heteroatoms. The number of amides is 1. The van der Waals surface area contributed by atoms with Gasteiger partial charge in [-0.15, -0.1) is 0 Å². The van der Waals surface area contributed by atoms with Gasteiger partial charge in [0.25, 0.3) is 5.91 Å². The van der Waals surface area contributed by atoms with Gasteiger partial charge in [-0.25, -0.2) is 0 Å². The second kappa shape index (κ2) is 10.2. The van der Waals surface area contributed by atoms with Crippen molar-refractivity contribution < 1.29 is 14.3 Å². The summed E-state index contributed by atoms with van der Waals surface area (Å²) in [5.41, 5.74) is 1.85. The Kier molecular flexibility index (Phi) is 7.44. The number of carbonyl (C=O) groups is 1. The van der Waals surface area contributed by atoms with Crippen molar-refractivity contribution in [2.45, 2.75) is 6.42 Å². The molecule has 0 fully saturated rings. The van der Waals surface area contributed by atoms with E-state index in [4.69, 9.17) is 20.0 Å². The van der Waals surface area contributed by atoms with Gasteiger partial charge in [0.1, 0.15) is 17.7 Å². The van der Waals surface area contributed by atoms with Crippen LogP contribution < -0.4 is 20.1 Å². The van der Waals surface area contributed by atoms with E-state index in [9.17, 15) is 4.79 Å². The molecule has 0 saturated heterocycles. The minimum absolute atomic E-state index is 0.0799. The molecule has 0 saturated carbocycles. The van der Waals surface area contributed by atoms with Crippen LogP contribution in [0.15, 0.2) is 54.2 Å². The summed E-state index contributed by atoms with van der Waals surface area (Å²) in [7, 11) is 3.15. The monoisotopic (exact) mass is 376 g/mol. The van der Waals surface area contributed by atoms with Crippen LogP contribution in [0.1, 0.15) is 15.9 Å². The largest absolute Gasteiger partial charge is 0.493 e. The average Bonchev–Trinajstić information content (AvgIpc) is 2.74. The summed E-state index contributed by atoms with van der Waals surface area (Å²) in [6.45, 7) is 0.431. The second-order valence-corrected chi connectivity index (χ2v) is 5.67. The summed E-state index contributed by atoms with van der Waals surface area (Å²) in [4.78, 5) is 12.5. The molecule has 0 atom stereocenters. The van der Waals surface area contributed by atoms with Crippen molar-refractivity contribution in [1.82, 2.24) is 5.32 Å². The Labute approximate surface area is 163 Å². The molecule has 0 bridgehead atoms. The molecule has 0 aliphatic carbocycles. The van der Waals surface area contributed by atoms with Gasteiger partial charge in [-0.2, -0.15) is 10.5 Å². The SMILES string of the molecule is COc1ccc(CCNC(=O)c2ccccc2NC=C(C#N)C#N)cc1OC. The quantitative estimate of drug-likeness (QED) is 0.686. The lowest BCUT2D eigenvalue weighted by Gasteiger charge is -2.11. The third-order valence-electron chi connectivity index (χ3n) is 3.93. The zero-order valence-electron chi connectivity index (χ0n) is 15.7. The van der Waals surface area contributed by atoms with E-state index in [-0.39, 0.29) is 11.5 Å². The van der Waals surface area contributed by atoms with E-state index in [2.05, 4.69) is 10.6 Å². The molecule has 0 unspecified atom stereocenters. The molecule has 28 heavy (non-hydrogen) atoms. The molecule has 2 rings (SSSR count). The van der Waals surface area contributed by atoms with Crippen LogP contribution in [0.2, 0.25) is 0 Å². The van der Waals surface area contributed by atoms with Gasteiger partial charge in [-0.1, -0.05) is 18.2 Å². The summed E-state index contributed by atoms with van der Waals surface area (Å²) in [6.07, 6.45) is 1.89. The minimum atomic E-state index is -0.257. The zero-order chi connectivity index (χ0) is 20.4. The Bertz CT molecular complexity index is 939. The molecular weight excluding hydrogens is 356 g/mol. The van der Waals surface area contributed by atoms with Crippen molar-refractivity contribution in [2.75, 3.05) is 26.1 Å². The van der Waals surface area contributed by atoms with Gasteiger partial charge in [0.15, 0.2) is 11.5 Å². The molecule has 2 aromatic carbocycles. The highest BCUT2D eigenvalue weighted by molar-refractivity contribution is 5.99. The van der Waals surface area contributed by atoms with Crippen molar-refractivity contribution >= 4 is 11.6 Å². The number of methoxy groups -OCH3 is 2. The highest BCUT2D eigenvalue weighted by Gasteiger charge is 2.10. The normalized spacial score (nSPS) is 9.43. The third kappa shape index (κ3) is 5.26. The lowest BCUT2D eigenvalue weighted by atomic mass is 10.1. The van der Waals surface area contributed by atoms with Crippen LogP contribution in [-0.2, 0) is 6.42 Å². The van der Waals surface area contributed by atoms with Gasteiger partial charge in [0, 0.05) is 12.7 Å². The number of anilines is 1. The van der Waals surface area contributed by atoms with Gasteiger partial charge < -0.3 is 20.1 Å². The molecule has 0 aromatic heterocycles. The van der Waals surface area contributed by atoms with Gasteiger partial charge in [0.05, 0.1) is 25.5 Å². The number of nitriles is 2. The van der Waals surface area contributed by atoms with Crippen molar-refractivity contribution in [3.05, 3.63) is 65.4 Å². The maximum absolute atomic E-state index is 12.5. The van der Waals surface area contributed by atoms with Gasteiger partial charge in [-0.3, -0.25) is 4.79 Å². The Hall–Kier alpha value is -3.97. The van der Waals surface area contributed by atoms with Crippen LogP contribution in [0.5, 0.6) is 11.5 Å².